The number of H-pyrrole nitrogens is 1. The molecule has 2 aliphatic heterocycles. The first kappa shape index (κ1) is 16.1. The monoisotopic (exact) mass is 332 g/mol. The lowest BCUT2D eigenvalue weighted by atomic mass is 10.0. The molecule has 24 heavy (non-hydrogen) atoms. The molecule has 1 amide bonds. The van der Waals surface area contributed by atoms with Crippen molar-refractivity contribution >= 4 is 5.91 Å². The van der Waals surface area contributed by atoms with E-state index in [4.69, 9.17) is 4.98 Å². The first-order chi connectivity index (χ1) is 11.7. The molecule has 132 valence electrons. The topological polar surface area (TPSA) is 72.5 Å². The van der Waals surface area contributed by atoms with Crippen LogP contribution in [0.3, 0.4) is 0 Å². The third-order valence-corrected chi connectivity index (χ3v) is 5.70. The molecule has 0 radical (unpaired) electrons. The number of likely N-dealkylation sites (tertiary alicyclic amines) is 2. The van der Waals surface area contributed by atoms with E-state index in [2.05, 4.69) is 9.88 Å². The summed E-state index contributed by atoms with van der Waals surface area (Å²) in [4.78, 5) is 24.3. The standard InChI is InChI=1S/C18H28N4O2/c23-13(12-22-10-4-8-17(22)24)11-21-9-3-7-16(21)18-19-14-5-1-2-6-15(14)20-18/h13,16,23H,1-12H2,(H,19,20)/t13-,16+/m0/s1. The quantitative estimate of drug-likeness (QED) is 0.855. The lowest BCUT2D eigenvalue weighted by molar-refractivity contribution is -0.129. The van der Waals surface area contributed by atoms with Crippen LogP contribution < -0.4 is 0 Å². The maximum absolute atomic E-state index is 11.7. The number of aryl methyl sites for hydroxylation is 2. The molecule has 1 aromatic heterocycles. The number of nitrogens with zero attached hydrogens (tertiary/aromatic N) is 3. The highest BCUT2D eigenvalue weighted by Gasteiger charge is 2.32. The molecular formula is C18H28N4O2. The number of carbonyl (C=O) groups excluding carboxylic acids is 1. The van der Waals surface area contributed by atoms with Gasteiger partial charge >= 0.3 is 0 Å². The van der Waals surface area contributed by atoms with Gasteiger partial charge in [0.25, 0.3) is 0 Å². The van der Waals surface area contributed by atoms with Crippen molar-refractivity contribution in [1.82, 2.24) is 19.8 Å². The van der Waals surface area contributed by atoms with Crippen LogP contribution in [-0.4, -0.2) is 63.1 Å². The van der Waals surface area contributed by atoms with Crippen LogP contribution >= 0.6 is 0 Å². The predicted octanol–water partition coefficient (Wildman–Crippen LogP) is 1.41. The third-order valence-electron chi connectivity index (χ3n) is 5.70. The van der Waals surface area contributed by atoms with Crippen LogP contribution in [0.25, 0.3) is 0 Å². The molecule has 2 saturated heterocycles. The molecule has 6 heteroatoms. The lowest BCUT2D eigenvalue weighted by Crippen LogP contribution is -2.40. The molecular weight excluding hydrogens is 304 g/mol. The predicted molar refractivity (Wildman–Crippen MR) is 90.6 cm³/mol. The van der Waals surface area contributed by atoms with E-state index in [9.17, 15) is 9.90 Å². The minimum Gasteiger partial charge on any atom is -0.390 e. The molecule has 2 atom stereocenters. The summed E-state index contributed by atoms with van der Waals surface area (Å²) in [7, 11) is 0. The van der Waals surface area contributed by atoms with Crippen molar-refractivity contribution in [2.45, 2.75) is 63.5 Å². The van der Waals surface area contributed by atoms with Gasteiger partial charge in [-0.25, -0.2) is 4.98 Å². The van der Waals surface area contributed by atoms with Gasteiger partial charge in [0, 0.05) is 31.7 Å². The Bertz CT molecular complexity index is 576. The molecule has 1 aliphatic carbocycles. The Labute approximate surface area is 143 Å². The number of fused-ring (bicyclic) bond motifs is 1. The maximum atomic E-state index is 11.7. The Kier molecular flexibility index (Phi) is 4.59. The average Bonchev–Trinajstić information content (AvgIpc) is 3.27. The van der Waals surface area contributed by atoms with Crippen LogP contribution in [0.1, 0.15) is 61.8 Å². The van der Waals surface area contributed by atoms with Crippen LogP contribution in [0.5, 0.6) is 0 Å². The third kappa shape index (κ3) is 3.22. The second kappa shape index (κ2) is 6.84. The van der Waals surface area contributed by atoms with E-state index >= 15 is 0 Å². The minimum atomic E-state index is -0.475. The van der Waals surface area contributed by atoms with Gasteiger partial charge in [-0.3, -0.25) is 9.69 Å². The molecule has 0 bridgehead atoms. The van der Waals surface area contributed by atoms with Crippen molar-refractivity contribution < 1.29 is 9.90 Å². The van der Waals surface area contributed by atoms with Crippen molar-refractivity contribution in [3.63, 3.8) is 0 Å². The van der Waals surface area contributed by atoms with E-state index < -0.39 is 6.10 Å². The number of carbonyl (C=O) groups is 1. The Morgan fingerprint density at radius 2 is 2.00 bits per heavy atom. The molecule has 1 aromatic rings. The smallest absolute Gasteiger partial charge is 0.222 e. The molecule has 2 fully saturated rings. The van der Waals surface area contributed by atoms with Crippen molar-refractivity contribution in [1.29, 1.82) is 0 Å². The highest BCUT2D eigenvalue weighted by atomic mass is 16.3. The summed E-state index contributed by atoms with van der Waals surface area (Å²) in [5, 5.41) is 10.4. The van der Waals surface area contributed by atoms with Gasteiger partial charge in [0.15, 0.2) is 0 Å². The van der Waals surface area contributed by atoms with Crippen molar-refractivity contribution in [3.05, 3.63) is 17.2 Å². The van der Waals surface area contributed by atoms with Crippen molar-refractivity contribution in [3.8, 4) is 0 Å². The highest BCUT2D eigenvalue weighted by molar-refractivity contribution is 5.78. The number of nitrogens with one attached hydrogen (secondary N) is 1. The average molecular weight is 332 g/mol. The van der Waals surface area contributed by atoms with E-state index in [1.165, 1.54) is 24.2 Å². The summed E-state index contributed by atoms with van der Waals surface area (Å²) in [6.07, 6.45) is 8.05. The van der Waals surface area contributed by atoms with Gasteiger partial charge in [-0.05, 0) is 51.5 Å². The summed E-state index contributed by atoms with van der Waals surface area (Å²) in [5.41, 5.74) is 2.58. The summed E-state index contributed by atoms with van der Waals surface area (Å²) in [5.74, 6) is 1.27. The number of hydrogen-bond acceptors (Lipinski definition) is 4. The summed E-state index contributed by atoms with van der Waals surface area (Å²) in [6, 6.07) is 0.291. The molecule has 0 unspecified atom stereocenters. The van der Waals surface area contributed by atoms with Crippen LogP contribution in [0.15, 0.2) is 0 Å². The number of rotatable bonds is 5. The number of aliphatic hydroxyl groups is 1. The fraction of sp³-hybridized carbons (Fsp3) is 0.778. The lowest BCUT2D eigenvalue weighted by Gasteiger charge is -2.27. The van der Waals surface area contributed by atoms with Gasteiger partial charge in [0.1, 0.15) is 5.82 Å². The number of β-amino-alcohol motifs (C(OH)–C–C–N with tert-alkyl or cyclic N) is 1. The van der Waals surface area contributed by atoms with Gasteiger partial charge in [0.05, 0.1) is 17.8 Å². The Morgan fingerprint density at radius 3 is 2.79 bits per heavy atom. The molecule has 6 nitrogen and oxygen atoms in total. The molecule has 3 aliphatic rings. The van der Waals surface area contributed by atoms with Gasteiger partial charge < -0.3 is 15.0 Å². The summed E-state index contributed by atoms with van der Waals surface area (Å²) >= 11 is 0. The van der Waals surface area contributed by atoms with Crippen LogP contribution in [0.4, 0.5) is 0 Å². The number of amides is 1. The molecule has 4 rings (SSSR count). The number of aromatic amines is 1. The normalized spacial score (nSPS) is 26.1. The van der Waals surface area contributed by atoms with Gasteiger partial charge in [-0.2, -0.15) is 0 Å². The maximum Gasteiger partial charge on any atom is 0.222 e. The minimum absolute atomic E-state index is 0.186. The van der Waals surface area contributed by atoms with E-state index in [0.29, 0.717) is 25.6 Å². The van der Waals surface area contributed by atoms with Crippen LogP contribution in [-0.2, 0) is 17.6 Å². The summed E-state index contributed by atoms with van der Waals surface area (Å²) < 4.78 is 0. The summed E-state index contributed by atoms with van der Waals surface area (Å²) in [6.45, 7) is 2.89. The van der Waals surface area contributed by atoms with Gasteiger partial charge in [-0.1, -0.05) is 0 Å². The SMILES string of the molecule is O=C1CCCN1C[C@@H](O)CN1CCC[C@@H]1c1nc2c([nH]1)CCCC2. The molecule has 0 aromatic carbocycles. The van der Waals surface area contributed by atoms with Gasteiger partial charge in [0.2, 0.25) is 5.91 Å². The van der Waals surface area contributed by atoms with E-state index in [1.807, 2.05) is 0 Å². The van der Waals surface area contributed by atoms with Crippen LogP contribution in [0.2, 0.25) is 0 Å². The Morgan fingerprint density at radius 1 is 1.12 bits per heavy atom. The van der Waals surface area contributed by atoms with E-state index in [0.717, 1.165) is 51.0 Å². The number of imidazole rings is 1. The number of aromatic nitrogens is 2. The second-order valence-electron chi connectivity index (χ2n) is 7.50. The zero-order chi connectivity index (χ0) is 16.5. The second-order valence-corrected chi connectivity index (χ2v) is 7.50. The molecule has 2 N–H and O–H groups in total. The van der Waals surface area contributed by atoms with E-state index in [1.54, 1.807) is 4.90 Å². The van der Waals surface area contributed by atoms with E-state index in [-0.39, 0.29) is 5.91 Å². The molecule has 0 spiro atoms. The highest BCUT2D eigenvalue weighted by Crippen LogP contribution is 2.32. The molecule has 3 heterocycles. The largest absolute Gasteiger partial charge is 0.390 e. The zero-order valence-corrected chi connectivity index (χ0v) is 14.3. The molecule has 0 saturated carbocycles. The number of aliphatic hydroxyl groups excluding tert-OH is 1. The fourth-order valence-corrected chi connectivity index (χ4v) is 4.47. The van der Waals surface area contributed by atoms with Crippen molar-refractivity contribution in [2.75, 3.05) is 26.2 Å². The Balaban J connectivity index is 1.39. The van der Waals surface area contributed by atoms with Crippen molar-refractivity contribution in [2.24, 2.45) is 0 Å². The van der Waals surface area contributed by atoms with Crippen LogP contribution in [0, 0.1) is 0 Å². The first-order valence-electron chi connectivity index (χ1n) is 9.48. The fourth-order valence-electron chi connectivity index (χ4n) is 4.47. The number of hydrogen-bond donors (Lipinski definition) is 2. The zero-order valence-electron chi connectivity index (χ0n) is 14.3. The first-order valence-corrected chi connectivity index (χ1v) is 9.48. The van der Waals surface area contributed by atoms with Gasteiger partial charge in [-0.15, -0.1) is 0 Å². The Hall–Kier alpha value is -1.40.